The van der Waals surface area contributed by atoms with Gasteiger partial charge in [0.15, 0.2) is 11.6 Å². The van der Waals surface area contributed by atoms with Gasteiger partial charge >= 0.3 is 0 Å². The molecule has 2 heteroatoms. The smallest absolute Gasteiger partial charge is 0.163 e. The SMILES string of the molecule is CC(=O)C(=Cc1cccc(C)c1)C(C)=O. The van der Waals surface area contributed by atoms with Crippen molar-refractivity contribution in [2.45, 2.75) is 20.8 Å². The lowest BCUT2D eigenvalue weighted by Crippen LogP contribution is -2.05. The van der Waals surface area contributed by atoms with Crippen LogP contribution >= 0.6 is 0 Å². The summed E-state index contributed by atoms with van der Waals surface area (Å²) >= 11 is 0. The second-order valence-electron chi connectivity index (χ2n) is 3.58. The largest absolute Gasteiger partial charge is 0.294 e. The fourth-order valence-electron chi connectivity index (χ4n) is 1.38. The molecule has 0 aromatic heterocycles. The van der Waals surface area contributed by atoms with Crippen LogP contribution in [0.1, 0.15) is 25.0 Å². The highest BCUT2D eigenvalue weighted by Gasteiger charge is 2.08. The Morgan fingerprint density at radius 3 is 2.20 bits per heavy atom. The third-order valence-corrected chi connectivity index (χ3v) is 2.11. The fourth-order valence-corrected chi connectivity index (χ4v) is 1.38. The number of carbonyl (C=O) groups excluding carboxylic acids is 2. The zero-order valence-electron chi connectivity index (χ0n) is 9.20. The van der Waals surface area contributed by atoms with Crippen molar-refractivity contribution in [1.29, 1.82) is 0 Å². The predicted molar refractivity (Wildman–Crippen MR) is 60.5 cm³/mol. The van der Waals surface area contributed by atoms with E-state index in [4.69, 9.17) is 0 Å². The van der Waals surface area contributed by atoms with E-state index < -0.39 is 0 Å². The van der Waals surface area contributed by atoms with Gasteiger partial charge in [0, 0.05) is 0 Å². The molecule has 0 N–H and O–H groups in total. The number of hydrogen-bond donors (Lipinski definition) is 0. The van der Waals surface area contributed by atoms with E-state index in [0.717, 1.165) is 11.1 Å². The minimum Gasteiger partial charge on any atom is -0.294 e. The van der Waals surface area contributed by atoms with Gasteiger partial charge in [-0.05, 0) is 32.4 Å². The molecule has 0 radical (unpaired) electrons. The summed E-state index contributed by atoms with van der Waals surface area (Å²) in [6.45, 7) is 4.78. The first-order valence-electron chi connectivity index (χ1n) is 4.81. The van der Waals surface area contributed by atoms with E-state index in [-0.39, 0.29) is 17.1 Å². The van der Waals surface area contributed by atoms with Crippen LogP contribution in [0.15, 0.2) is 29.8 Å². The minimum absolute atomic E-state index is 0.191. The van der Waals surface area contributed by atoms with Crippen molar-refractivity contribution in [3.05, 3.63) is 41.0 Å². The van der Waals surface area contributed by atoms with Crippen molar-refractivity contribution in [2.75, 3.05) is 0 Å². The first-order chi connectivity index (χ1) is 7.00. The summed E-state index contributed by atoms with van der Waals surface area (Å²) in [5.74, 6) is -0.381. The third-order valence-electron chi connectivity index (χ3n) is 2.11. The van der Waals surface area contributed by atoms with Gasteiger partial charge in [0.25, 0.3) is 0 Å². The number of rotatable bonds is 3. The van der Waals surface area contributed by atoms with Crippen molar-refractivity contribution < 1.29 is 9.59 Å². The Labute approximate surface area is 89.6 Å². The summed E-state index contributed by atoms with van der Waals surface area (Å²) in [5, 5.41) is 0. The molecule has 0 saturated heterocycles. The van der Waals surface area contributed by atoms with Gasteiger partial charge in [-0.15, -0.1) is 0 Å². The van der Waals surface area contributed by atoms with Crippen LogP contribution < -0.4 is 0 Å². The molecular weight excluding hydrogens is 188 g/mol. The number of aryl methyl sites for hydroxylation is 1. The molecule has 15 heavy (non-hydrogen) atoms. The van der Waals surface area contributed by atoms with Gasteiger partial charge in [-0.2, -0.15) is 0 Å². The van der Waals surface area contributed by atoms with Gasteiger partial charge in [-0.3, -0.25) is 9.59 Å². The molecule has 1 aromatic rings. The molecule has 0 aliphatic rings. The lowest BCUT2D eigenvalue weighted by molar-refractivity contribution is -0.119. The number of allylic oxidation sites excluding steroid dienone is 1. The molecule has 1 rings (SSSR count). The summed E-state index contributed by atoms with van der Waals surface area (Å²) in [6, 6.07) is 7.68. The Bertz CT molecular complexity index is 412. The summed E-state index contributed by atoms with van der Waals surface area (Å²) in [5.41, 5.74) is 2.24. The topological polar surface area (TPSA) is 34.1 Å². The maximum absolute atomic E-state index is 11.2. The Morgan fingerprint density at radius 2 is 1.73 bits per heavy atom. The van der Waals surface area contributed by atoms with Gasteiger partial charge in [-0.1, -0.05) is 29.8 Å². The van der Waals surface area contributed by atoms with Gasteiger partial charge in [0.1, 0.15) is 0 Å². The van der Waals surface area contributed by atoms with Crippen LogP contribution in [0.3, 0.4) is 0 Å². The Morgan fingerprint density at radius 1 is 1.13 bits per heavy atom. The average Bonchev–Trinajstić information content (AvgIpc) is 2.13. The summed E-state index contributed by atoms with van der Waals surface area (Å²) in [4.78, 5) is 22.4. The molecule has 0 unspecified atom stereocenters. The van der Waals surface area contributed by atoms with Crippen LogP contribution in [-0.2, 0) is 9.59 Å². The Hall–Kier alpha value is -1.70. The van der Waals surface area contributed by atoms with E-state index in [0.29, 0.717) is 0 Å². The van der Waals surface area contributed by atoms with E-state index in [1.165, 1.54) is 13.8 Å². The predicted octanol–water partition coefficient (Wildman–Crippen LogP) is 2.56. The van der Waals surface area contributed by atoms with Crippen molar-refractivity contribution in [3.8, 4) is 0 Å². The van der Waals surface area contributed by atoms with Crippen molar-refractivity contribution in [1.82, 2.24) is 0 Å². The Balaban J connectivity index is 3.13. The van der Waals surface area contributed by atoms with Crippen LogP contribution in [0.25, 0.3) is 6.08 Å². The highest BCUT2D eigenvalue weighted by atomic mass is 16.1. The van der Waals surface area contributed by atoms with Crippen LogP contribution in [0.4, 0.5) is 0 Å². The molecule has 0 heterocycles. The fraction of sp³-hybridized carbons (Fsp3) is 0.231. The van der Waals surface area contributed by atoms with Crippen LogP contribution in [0.5, 0.6) is 0 Å². The van der Waals surface area contributed by atoms with Crippen molar-refractivity contribution in [3.63, 3.8) is 0 Å². The number of carbonyl (C=O) groups is 2. The molecule has 0 aliphatic carbocycles. The minimum atomic E-state index is -0.191. The quantitative estimate of drug-likeness (QED) is 0.429. The molecule has 78 valence electrons. The van der Waals surface area contributed by atoms with Gasteiger partial charge in [0.05, 0.1) is 5.57 Å². The number of Topliss-reactive ketones (excluding diaryl/α,β-unsaturated/α-hetero) is 2. The van der Waals surface area contributed by atoms with Crippen LogP contribution in [0, 0.1) is 6.92 Å². The molecule has 0 bridgehead atoms. The highest BCUT2D eigenvalue weighted by Crippen LogP contribution is 2.10. The first kappa shape index (κ1) is 11.4. The number of ketones is 2. The molecule has 0 saturated carbocycles. The van der Waals surface area contributed by atoms with E-state index >= 15 is 0 Å². The van der Waals surface area contributed by atoms with Crippen molar-refractivity contribution in [2.24, 2.45) is 0 Å². The highest BCUT2D eigenvalue weighted by molar-refractivity contribution is 6.21. The lowest BCUT2D eigenvalue weighted by Gasteiger charge is -2.00. The van der Waals surface area contributed by atoms with Gasteiger partial charge in [-0.25, -0.2) is 0 Å². The van der Waals surface area contributed by atoms with E-state index in [1.54, 1.807) is 6.08 Å². The maximum Gasteiger partial charge on any atom is 0.163 e. The van der Waals surface area contributed by atoms with Gasteiger partial charge in [0.2, 0.25) is 0 Å². The van der Waals surface area contributed by atoms with E-state index in [1.807, 2.05) is 31.2 Å². The third kappa shape index (κ3) is 3.17. The molecule has 0 atom stereocenters. The summed E-state index contributed by atoms with van der Waals surface area (Å²) in [6.07, 6.45) is 1.64. The standard InChI is InChI=1S/C13H14O2/c1-9-5-4-6-12(7-9)8-13(10(2)14)11(3)15/h4-8H,1-3H3. The zero-order chi connectivity index (χ0) is 11.4. The second-order valence-corrected chi connectivity index (χ2v) is 3.58. The first-order valence-corrected chi connectivity index (χ1v) is 4.81. The molecule has 1 aromatic carbocycles. The number of hydrogen-bond acceptors (Lipinski definition) is 2. The molecular formula is C13H14O2. The van der Waals surface area contributed by atoms with Crippen LogP contribution in [0.2, 0.25) is 0 Å². The van der Waals surface area contributed by atoms with Crippen LogP contribution in [-0.4, -0.2) is 11.6 Å². The van der Waals surface area contributed by atoms with E-state index in [2.05, 4.69) is 0 Å². The second kappa shape index (κ2) is 4.69. The summed E-state index contributed by atoms with van der Waals surface area (Å²) < 4.78 is 0. The zero-order valence-corrected chi connectivity index (χ0v) is 9.20. The van der Waals surface area contributed by atoms with E-state index in [9.17, 15) is 9.59 Å². The molecule has 2 nitrogen and oxygen atoms in total. The molecule has 0 aliphatic heterocycles. The maximum atomic E-state index is 11.2. The van der Waals surface area contributed by atoms with Gasteiger partial charge < -0.3 is 0 Å². The average molecular weight is 202 g/mol. The Kier molecular flexibility index (Phi) is 3.56. The molecule has 0 amide bonds. The normalized spacial score (nSPS) is 9.53. The molecule has 0 spiro atoms. The van der Waals surface area contributed by atoms with Crippen molar-refractivity contribution >= 4 is 17.6 Å². The number of benzene rings is 1. The molecule has 0 fully saturated rings. The monoisotopic (exact) mass is 202 g/mol. The summed E-state index contributed by atoms with van der Waals surface area (Å²) in [7, 11) is 0. The lowest BCUT2D eigenvalue weighted by atomic mass is 10.0.